The molecule has 0 bridgehead atoms. The SMILES string of the molecule is CCOc1cccc2c1nc(C(F)F)n2-c1cc(OC2CCC(N)CC2)nc(N2CCOCC2)n1. The van der Waals surface area contributed by atoms with Gasteiger partial charge in [0.2, 0.25) is 11.8 Å². The van der Waals surface area contributed by atoms with Gasteiger partial charge < -0.3 is 24.8 Å². The first-order chi connectivity index (χ1) is 17.0. The van der Waals surface area contributed by atoms with Crippen LogP contribution in [-0.2, 0) is 4.74 Å². The second kappa shape index (κ2) is 10.3. The number of anilines is 1. The molecule has 2 aromatic heterocycles. The molecule has 35 heavy (non-hydrogen) atoms. The van der Waals surface area contributed by atoms with E-state index in [1.807, 2.05) is 11.8 Å². The number of morpholine rings is 1. The number of nitrogens with zero attached hydrogens (tertiary/aromatic N) is 5. The number of para-hydroxylation sites is 1. The molecule has 2 aliphatic rings. The van der Waals surface area contributed by atoms with E-state index in [1.165, 1.54) is 4.57 Å². The summed E-state index contributed by atoms with van der Waals surface area (Å²) < 4.78 is 47.1. The van der Waals surface area contributed by atoms with Crippen molar-refractivity contribution in [3.63, 3.8) is 0 Å². The van der Waals surface area contributed by atoms with Gasteiger partial charge in [0.25, 0.3) is 6.43 Å². The van der Waals surface area contributed by atoms with Crippen molar-refractivity contribution in [3.05, 3.63) is 30.1 Å². The van der Waals surface area contributed by atoms with Gasteiger partial charge in [-0.1, -0.05) is 6.07 Å². The van der Waals surface area contributed by atoms with Crippen LogP contribution in [0, 0.1) is 0 Å². The van der Waals surface area contributed by atoms with Crippen molar-refractivity contribution in [2.24, 2.45) is 5.73 Å². The molecule has 11 heteroatoms. The Kier molecular flexibility index (Phi) is 6.96. The zero-order chi connectivity index (χ0) is 24.4. The maximum absolute atomic E-state index is 14.2. The highest BCUT2D eigenvalue weighted by molar-refractivity contribution is 5.84. The molecule has 0 radical (unpaired) electrons. The first-order valence-corrected chi connectivity index (χ1v) is 12.1. The Hall–Kier alpha value is -3.05. The molecule has 0 unspecified atom stereocenters. The van der Waals surface area contributed by atoms with Gasteiger partial charge in [-0.05, 0) is 44.7 Å². The molecular formula is C24H30F2N6O3. The molecule has 9 nitrogen and oxygen atoms in total. The van der Waals surface area contributed by atoms with E-state index in [4.69, 9.17) is 19.9 Å². The molecule has 188 valence electrons. The van der Waals surface area contributed by atoms with Gasteiger partial charge in [-0.15, -0.1) is 0 Å². The third kappa shape index (κ3) is 5.01. The van der Waals surface area contributed by atoms with Crippen molar-refractivity contribution in [2.75, 3.05) is 37.8 Å². The van der Waals surface area contributed by atoms with Gasteiger partial charge in [0, 0.05) is 25.2 Å². The van der Waals surface area contributed by atoms with Gasteiger partial charge in [0.1, 0.15) is 23.2 Å². The lowest BCUT2D eigenvalue weighted by atomic mass is 9.94. The summed E-state index contributed by atoms with van der Waals surface area (Å²) in [5.41, 5.74) is 6.88. The molecule has 1 aromatic carbocycles. The van der Waals surface area contributed by atoms with E-state index in [1.54, 1.807) is 24.3 Å². The van der Waals surface area contributed by atoms with Crippen LogP contribution in [0.25, 0.3) is 16.9 Å². The minimum absolute atomic E-state index is 0.0336. The molecule has 1 aliphatic carbocycles. The van der Waals surface area contributed by atoms with Crippen LogP contribution in [0.4, 0.5) is 14.7 Å². The highest BCUT2D eigenvalue weighted by Gasteiger charge is 2.26. The number of aromatic nitrogens is 4. The van der Waals surface area contributed by atoms with E-state index in [2.05, 4.69) is 15.0 Å². The number of fused-ring (bicyclic) bond motifs is 1. The van der Waals surface area contributed by atoms with Crippen LogP contribution in [0.2, 0.25) is 0 Å². The number of hydrogen-bond acceptors (Lipinski definition) is 8. The number of alkyl halides is 2. The Balaban J connectivity index is 1.61. The monoisotopic (exact) mass is 488 g/mol. The fourth-order valence-electron chi connectivity index (χ4n) is 4.61. The Labute approximate surface area is 202 Å². The van der Waals surface area contributed by atoms with E-state index >= 15 is 0 Å². The van der Waals surface area contributed by atoms with Crippen molar-refractivity contribution in [1.82, 2.24) is 19.5 Å². The normalized spacial score (nSPS) is 21.0. The lowest BCUT2D eigenvalue weighted by Gasteiger charge is -2.29. The molecule has 1 saturated carbocycles. The summed E-state index contributed by atoms with van der Waals surface area (Å²) in [4.78, 5) is 15.5. The third-order valence-corrected chi connectivity index (χ3v) is 6.38. The van der Waals surface area contributed by atoms with Crippen LogP contribution in [0.5, 0.6) is 11.6 Å². The van der Waals surface area contributed by atoms with Crippen molar-refractivity contribution in [1.29, 1.82) is 0 Å². The molecule has 0 atom stereocenters. The number of imidazole rings is 1. The maximum Gasteiger partial charge on any atom is 0.296 e. The van der Waals surface area contributed by atoms with Crippen molar-refractivity contribution < 1.29 is 23.0 Å². The standard InChI is InChI=1S/C24H30F2N6O3/c1-2-34-18-5-3-4-17-21(18)30-23(22(25)26)32(17)19-14-20(35-16-8-6-15(27)7-9-16)29-24(28-19)31-10-12-33-13-11-31/h3-5,14-16,22H,2,6-13,27H2,1H3. The van der Waals surface area contributed by atoms with Gasteiger partial charge >= 0.3 is 0 Å². The molecule has 2 N–H and O–H groups in total. The van der Waals surface area contributed by atoms with Gasteiger partial charge in [-0.2, -0.15) is 9.97 Å². The maximum atomic E-state index is 14.2. The largest absolute Gasteiger partial charge is 0.492 e. The first-order valence-electron chi connectivity index (χ1n) is 12.1. The summed E-state index contributed by atoms with van der Waals surface area (Å²) in [6.45, 7) is 4.51. The highest BCUT2D eigenvalue weighted by Crippen LogP contribution is 2.34. The highest BCUT2D eigenvalue weighted by atomic mass is 19.3. The summed E-state index contributed by atoms with van der Waals surface area (Å²) in [7, 11) is 0. The Morgan fingerprint density at radius 3 is 2.60 bits per heavy atom. The third-order valence-electron chi connectivity index (χ3n) is 6.38. The molecule has 0 amide bonds. The van der Waals surface area contributed by atoms with Crippen LogP contribution in [-0.4, -0.2) is 64.6 Å². The van der Waals surface area contributed by atoms with E-state index in [0.29, 0.717) is 61.5 Å². The summed E-state index contributed by atoms with van der Waals surface area (Å²) in [5.74, 6) is 1.07. The number of benzene rings is 1. The number of nitrogens with two attached hydrogens (primary N) is 1. The fourth-order valence-corrected chi connectivity index (χ4v) is 4.61. The Bertz CT molecular complexity index is 1160. The molecule has 1 aliphatic heterocycles. The van der Waals surface area contributed by atoms with Crippen LogP contribution in [0.3, 0.4) is 0 Å². The van der Waals surface area contributed by atoms with E-state index in [9.17, 15) is 8.78 Å². The Morgan fingerprint density at radius 2 is 1.89 bits per heavy atom. The molecule has 1 saturated heterocycles. The van der Waals surface area contributed by atoms with E-state index in [-0.39, 0.29) is 18.0 Å². The van der Waals surface area contributed by atoms with E-state index in [0.717, 1.165) is 25.7 Å². The van der Waals surface area contributed by atoms with E-state index < -0.39 is 12.2 Å². The predicted molar refractivity (Wildman–Crippen MR) is 127 cm³/mol. The number of ether oxygens (including phenoxy) is 3. The van der Waals surface area contributed by atoms with Gasteiger partial charge in [0.05, 0.1) is 25.3 Å². The van der Waals surface area contributed by atoms with Crippen LogP contribution in [0.1, 0.15) is 44.9 Å². The Morgan fingerprint density at radius 1 is 1.11 bits per heavy atom. The predicted octanol–water partition coefficient (Wildman–Crippen LogP) is 3.64. The van der Waals surface area contributed by atoms with Gasteiger partial charge in [-0.3, -0.25) is 4.57 Å². The molecule has 3 aromatic rings. The lowest BCUT2D eigenvalue weighted by molar-refractivity contribution is 0.121. The number of halogens is 2. The minimum atomic E-state index is -2.82. The summed E-state index contributed by atoms with van der Waals surface area (Å²) in [6, 6.07) is 7.01. The van der Waals surface area contributed by atoms with Crippen LogP contribution >= 0.6 is 0 Å². The first kappa shape index (κ1) is 23.7. The average Bonchev–Trinajstić information content (AvgIpc) is 3.27. The fraction of sp³-hybridized carbons (Fsp3) is 0.542. The minimum Gasteiger partial charge on any atom is -0.492 e. The summed E-state index contributed by atoms with van der Waals surface area (Å²) in [5, 5.41) is 0. The molecule has 0 spiro atoms. The average molecular weight is 489 g/mol. The molecule has 5 rings (SSSR count). The van der Waals surface area contributed by atoms with Gasteiger partial charge in [0.15, 0.2) is 5.82 Å². The second-order valence-corrected chi connectivity index (χ2v) is 8.78. The number of rotatable bonds is 7. The smallest absolute Gasteiger partial charge is 0.296 e. The summed E-state index contributed by atoms with van der Waals surface area (Å²) in [6.07, 6.45) is 0.543. The van der Waals surface area contributed by atoms with Crippen molar-refractivity contribution in [3.8, 4) is 17.4 Å². The van der Waals surface area contributed by atoms with Crippen LogP contribution < -0.4 is 20.1 Å². The second-order valence-electron chi connectivity index (χ2n) is 8.78. The quantitative estimate of drug-likeness (QED) is 0.538. The van der Waals surface area contributed by atoms with Crippen molar-refractivity contribution >= 4 is 17.0 Å². The topological polar surface area (TPSA) is 101 Å². The summed E-state index contributed by atoms with van der Waals surface area (Å²) >= 11 is 0. The zero-order valence-electron chi connectivity index (χ0n) is 19.7. The van der Waals surface area contributed by atoms with Gasteiger partial charge in [-0.25, -0.2) is 13.8 Å². The lowest BCUT2D eigenvalue weighted by Crippen LogP contribution is -2.37. The molecular weight excluding hydrogens is 458 g/mol. The molecule has 2 fully saturated rings. The molecule has 3 heterocycles. The number of hydrogen-bond donors (Lipinski definition) is 1. The van der Waals surface area contributed by atoms with Crippen molar-refractivity contribution in [2.45, 2.75) is 51.2 Å². The van der Waals surface area contributed by atoms with Crippen LogP contribution in [0.15, 0.2) is 24.3 Å². The zero-order valence-corrected chi connectivity index (χ0v) is 19.7.